The molecule has 2 nitrogen and oxygen atoms in total. The molecule has 1 aliphatic rings. The number of hydrogen-bond donors (Lipinski definition) is 1. The van der Waals surface area contributed by atoms with Crippen molar-refractivity contribution >= 4 is 0 Å². The molecule has 0 spiro atoms. The van der Waals surface area contributed by atoms with Gasteiger partial charge >= 0.3 is 0 Å². The van der Waals surface area contributed by atoms with Crippen molar-refractivity contribution in [3.05, 3.63) is 0 Å². The highest BCUT2D eigenvalue weighted by Gasteiger charge is 2.17. The van der Waals surface area contributed by atoms with E-state index in [1.807, 2.05) is 0 Å². The third-order valence-corrected chi connectivity index (χ3v) is 2.49. The summed E-state index contributed by atoms with van der Waals surface area (Å²) in [6, 6.07) is 0. The smallest absolute Gasteiger partial charge is 0.0599 e. The Morgan fingerprint density at radius 1 is 1.58 bits per heavy atom. The van der Waals surface area contributed by atoms with Gasteiger partial charge in [-0.05, 0) is 38.3 Å². The van der Waals surface area contributed by atoms with Crippen molar-refractivity contribution in [1.29, 1.82) is 0 Å². The Labute approximate surface area is 75.1 Å². The van der Waals surface area contributed by atoms with E-state index in [4.69, 9.17) is 12.2 Å². The maximum atomic E-state index is 5.52. The molecule has 1 rings (SSSR count). The molecule has 0 aromatic heterocycles. The first kappa shape index (κ1) is 9.57. The number of hydrogen-bond acceptors (Lipinski definition) is 2. The zero-order chi connectivity index (χ0) is 8.81. The third kappa shape index (κ3) is 2.84. The summed E-state index contributed by atoms with van der Waals surface area (Å²) in [5.41, 5.74) is 5.52. The Balaban J connectivity index is 2.26. The Hall–Kier alpha value is -0.520. The summed E-state index contributed by atoms with van der Waals surface area (Å²) in [6.07, 6.45) is 9.03. The Morgan fingerprint density at radius 3 is 3.08 bits per heavy atom. The highest BCUT2D eigenvalue weighted by atomic mass is 15.1. The van der Waals surface area contributed by atoms with Gasteiger partial charge < -0.3 is 5.73 Å². The lowest BCUT2D eigenvalue weighted by Crippen LogP contribution is -2.36. The number of piperidine rings is 1. The van der Waals surface area contributed by atoms with Crippen LogP contribution in [0.1, 0.15) is 19.3 Å². The molecule has 0 radical (unpaired) electrons. The fourth-order valence-electron chi connectivity index (χ4n) is 1.90. The van der Waals surface area contributed by atoms with Crippen LogP contribution < -0.4 is 5.73 Å². The summed E-state index contributed by atoms with van der Waals surface area (Å²) in [4.78, 5) is 2.35. The fourth-order valence-corrected chi connectivity index (χ4v) is 1.90. The van der Waals surface area contributed by atoms with E-state index in [1.54, 1.807) is 0 Å². The summed E-state index contributed by atoms with van der Waals surface area (Å²) < 4.78 is 0. The molecule has 0 amide bonds. The monoisotopic (exact) mass is 166 g/mol. The molecule has 0 aromatic carbocycles. The van der Waals surface area contributed by atoms with E-state index < -0.39 is 0 Å². The molecule has 1 heterocycles. The molecular formula is C10H18N2. The summed E-state index contributed by atoms with van der Waals surface area (Å²) in [6.45, 7) is 3.95. The fraction of sp³-hybridized carbons (Fsp3) is 0.800. The number of rotatable bonds is 3. The summed E-state index contributed by atoms with van der Waals surface area (Å²) in [5, 5.41) is 0. The van der Waals surface area contributed by atoms with Crippen molar-refractivity contribution in [2.24, 2.45) is 11.7 Å². The van der Waals surface area contributed by atoms with Gasteiger partial charge in [-0.15, -0.1) is 6.42 Å². The molecule has 12 heavy (non-hydrogen) atoms. The first-order valence-electron chi connectivity index (χ1n) is 4.72. The molecule has 0 aliphatic carbocycles. The Bertz CT molecular complexity index is 158. The number of terminal acetylenes is 1. The van der Waals surface area contributed by atoms with Gasteiger partial charge in [0.1, 0.15) is 0 Å². The van der Waals surface area contributed by atoms with Gasteiger partial charge in [0.25, 0.3) is 0 Å². The van der Waals surface area contributed by atoms with Crippen molar-refractivity contribution in [2.75, 3.05) is 26.2 Å². The second-order valence-electron chi connectivity index (χ2n) is 3.52. The number of likely N-dealkylation sites (tertiary alicyclic amines) is 1. The number of nitrogens with zero attached hydrogens (tertiary/aromatic N) is 1. The van der Waals surface area contributed by atoms with E-state index >= 15 is 0 Å². The summed E-state index contributed by atoms with van der Waals surface area (Å²) >= 11 is 0. The molecule has 0 saturated carbocycles. The van der Waals surface area contributed by atoms with Crippen LogP contribution in [0.15, 0.2) is 0 Å². The predicted molar refractivity (Wildman–Crippen MR) is 51.7 cm³/mol. The summed E-state index contributed by atoms with van der Waals surface area (Å²) in [7, 11) is 0. The van der Waals surface area contributed by atoms with E-state index in [0.29, 0.717) is 0 Å². The average Bonchev–Trinajstić information content (AvgIpc) is 2.06. The Kier molecular flexibility index (Phi) is 4.13. The van der Waals surface area contributed by atoms with Gasteiger partial charge in [0.15, 0.2) is 0 Å². The van der Waals surface area contributed by atoms with E-state index in [9.17, 15) is 0 Å². The third-order valence-electron chi connectivity index (χ3n) is 2.49. The molecule has 68 valence electrons. The first-order valence-corrected chi connectivity index (χ1v) is 4.72. The Morgan fingerprint density at radius 2 is 2.42 bits per heavy atom. The minimum Gasteiger partial charge on any atom is -0.330 e. The van der Waals surface area contributed by atoms with Gasteiger partial charge in [0.2, 0.25) is 0 Å². The lowest BCUT2D eigenvalue weighted by atomic mass is 9.95. The van der Waals surface area contributed by atoms with E-state index in [0.717, 1.165) is 32.0 Å². The molecule has 1 atom stereocenters. The maximum absolute atomic E-state index is 5.52. The molecule has 1 saturated heterocycles. The molecular weight excluding hydrogens is 148 g/mol. The van der Waals surface area contributed by atoms with Gasteiger partial charge in [0, 0.05) is 6.54 Å². The highest BCUT2D eigenvalue weighted by Crippen LogP contribution is 2.18. The van der Waals surface area contributed by atoms with Crippen LogP contribution in [0.2, 0.25) is 0 Å². The second kappa shape index (κ2) is 5.18. The second-order valence-corrected chi connectivity index (χ2v) is 3.52. The van der Waals surface area contributed by atoms with Crippen molar-refractivity contribution in [3.63, 3.8) is 0 Å². The van der Waals surface area contributed by atoms with Crippen molar-refractivity contribution in [3.8, 4) is 12.3 Å². The quantitative estimate of drug-likeness (QED) is 0.625. The van der Waals surface area contributed by atoms with E-state index in [-0.39, 0.29) is 0 Å². The van der Waals surface area contributed by atoms with Crippen molar-refractivity contribution in [2.45, 2.75) is 19.3 Å². The van der Waals surface area contributed by atoms with Gasteiger partial charge in [-0.1, -0.05) is 5.92 Å². The lowest BCUT2D eigenvalue weighted by molar-refractivity contribution is 0.188. The topological polar surface area (TPSA) is 29.3 Å². The van der Waals surface area contributed by atoms with Gasteiger partial charge in [-0.25, -0.2) is 0 Å². The zero-order valence-corrected chi connectivity index (χ0v) is 7.63. The molecule has 2 N–H and O–H groups in total. The van der Waals surface area contributed by atoms with Gasteiger partial charge in [-0.2, -0.15) is 0 Å². The van der Waals surface area contributed by atoms with Crippen molar-refractivity contribution in [1.82, 2.24) is 4.90 Å². The summed E-state index contributed by atoms with van der Waals surface area (Å²) in [5.74, 6) is 3.48. The maximum Gasteiger partial charge on any atom is 0.0599 e. The van der Waals surface area contributed by atoms with Crippen LogP contribution in [-0.2, 0) is 0 Å². The van der Waals surface area contributed by atoms with Gasteiger partial charge in [0.05, 0.1) is 6.54 Å². The van der Waals surface area contributed by atoms with Crippen LogP contribution in [0.5, 0.6) is 0 Å². The standard InChI is InChI=1S/C10H18N2/c1-2-7-12-8-3-4-10(9-12)5-6-11/h1,10H,3-9,11H2. The zero-order valence-electron chi connectivity index (χ0n) is 7.63. The largest absolute Gasteiger partial charge is 0.330 e. The van der Waals surface area contributed by atoms with E-state index in [2.05, 4.69) is 10.8 Å². The molecule has 0 aromatic rings. The van der Waals surface area contributed by atoms with Crippen molar-refractivity contribution < 1.29 is 0 Å². The first-order chi connectivity index (χ1) is 5.86. The number of nitrogens with two attached hydrogens (primary N) is 1. The molecule has 1 aliphatic heterocycles. The molecule has 0 bridgehead atoms. The minimum absolute atomic E-state index is 0.789. The van der Waals surface area contributed by atoms with Gasteiger partial charge in [-0.3, -0.25) is 4.90 Å². The molecule has 1 unspecified atom stereocenters. The van der Waals surface area contributed by atoms with Crippen LogP contribution in [0.25, 0.3) is 0 Å². The SMILES string of the molecule is C#CCN1CCCC(CCN)C1. The average molecular weight is 166 g/mol. The highest BCUT2D eigenvalue weighted by molar-refractivity contribution is 4.89. The van der Waals surface area contributed by atoms with E-state index in [1.165, 1.54) is 19.4 Å². The normalized spacial score (nSPS) is 25.2. The molecule has 2 heteroatoms. The lowest BCUT2D eigenvalue weighted by Gasteiger charge is -2.31. The van der Waals surface area contributed by atoms with Crippen LogP contribution in [-0.4, -0.2) is 31.1 Å². The predicted octanol–water partition coefficient (Wildman–Crippen LogP) is 0.680. The van der Waals surface area contributed by atoms with Crippen LogP contribution in [0, 0.1) is 18.3 Å². The van der Waals surface area contributed by atoms with Crippen LogP contribution in [0.3, 0.4) is 0 Å². The molecule has 1 fully saturated rings. The van der Waals surface area contributed by atoms with Crippen LogP contribution >= 0.6 is 0 Å². The van der Waals surface area contributed by atoms with Crippen LogP contribution in [0.4, 0.5) is 0 Å². The minimum atomic E-state index is 0.789.